The molecular weight excluding hydrogens is 62.1 g/mol. The van der Waals surface area contributed by atoms with Gasteiger partial charge in [-0.25, -0.2) is 0 Å². The summed E-state index contributed by atoms with van der Waals surface area (Å²) in [6.07, 6.45) is 3.67. The largest absolute Gasteiger partial charge is 0.359 e. The Balaban J connectivity index is 2.49. The van der Waals surface area contributed by atoms with Crippen LogP contribution >= 0.6 is 0 Å². The number of rotatable bonds is 1. The van der Waals surface area contributed by atoms with Gasteiger partial charge in [0.25, 0.3) is 0 Å². The second kappa shape index (κ2) is 0.612. The summed E-state index contributed by atoms with van der Waals surface area (Å²) in [4.78, 5) is 0. The molecule has 0 amide bonds. The molecule has 1 heterocycles. The van der Waals surface area contributed by atoms with Gasteiger partial charge in [-0.1, -0.05) is 6.58 Å². The maximum Gasteiger partial charge on any atom is 0.0537 e. The maximum absolute atomic E-state index is 3.49. The van der Waals surface area contributed by atoms with Crippen molar-refractivity contribution in [3.05, 3.63) is 24.6 Å². The first-order chi connectivity index (χ1) is 2.43. The normalized spacial score (nSPS) is 15.6. The van der Waals surface area contributed by atoms with Gasteiger partial charge in [0.1, 0.15) is 0 Å². The molecule has 0 atom stereocenters. The van der Waals surface area contributed by atoms with Gasteiger partial charge in [-0.15, -0.1) is 0 Å². The molecule has 0 saturated carbocycles. The SMILES string of the molecule is C=CC1=CN1. The van der Waals surface area contributed by atoms with Gasteiger partial charge >= 0.3 is 0 Å². The minimum absolute atomic E-state index is 1.14. The molecule has 1 aliphatic rings. The van der Waals surface area contributed by atoms with Crippen LogP contribution in [0.15, 0.2) is 24.6 Å². The smallest absolute Gasteiger partial charge is 0.0537 e. The van der Waals surface area contributed by atoms with Crippen LogP contribution in [0.3, 0.4) is 0 Å². The topological polar surface area (TPSA) is 21.9 Å². The van der Waals surface area contributed by atoms with Crippen LogP contribution < -0.4 is 5.32 Å². The summed E-state index contributed by atoms with van der Waals surface area (Å²) < 4.78 is 0. The average molecular weight is 67.1 g/mol. The zero-order chi connectivity index (χ0) is 3.70. The number of hydrogen-bond donors (Lipinski definition) is 1. The molecule has 0 bridgehead atoms. The highest BCUT2D eigenvalue weighted by Gasteiger charge is 1.94. The van der Waals surface area contributed by atoms with Gasteiger partial charge < -0.3 is 5.32 Å². The third kappa shape index (κ3) is 0.293. The summed E-state index contributed by atoms with van der Waals surface area (Å²) in [6, 6.07) is 0. The van der Waals surface area contributed by atoms with Gasteiger partial charge in [0, 0.05) is 6.20 Å². The molecular formula is C4H5N. The minimum atomic E-state index is 1.14. The second-order valence-electron chi connectivity index (χ2n) is 0.948. The predicted octanol–water partition coefficient (Wildman–Crippen LogP) is 0.617. The van der Waals surface area contributed by atoms with Crippen molar-refractivity contribution in [1.29, 1.82) is 0 Å². The Kier molecular flexibility index (Phi) is 0.307. The zero-order valence-corrected chi connectivity index (χ0v) is 2.86. The van der Waals surface area contributed by atoms with E-state index in [-0.39, 0.29) is 0 Å². The van der Waals surface area contributed by atoms with Crippen LogP contribution in [0.1, 0.15) is 0 Å². The molecule has 0 aromatic heterocycles. The van der Waals surface area contributed by atoms with Gasteiger partial charge in [-0.05, 0) is 6.08 Å². The maximum atomic E-state index is 3.49. The quantitative estimate of drug-likeness (QED) is 0.477. The predicted molar refractivity (Wildman–Crippen MR) is 21.4 cm³/mol. The fraction of sp³-hybridized carbons (Fsp3) is 0. The van der Waals surface area contributed by atoms with E-state index < -0.39 is 0 Å². The van der Waals surface area contributed by atoms with Crippen molar-refractivity contribution in [2.24, 2.45) is 0 Å². The molecule has 1 N–H and O–H groups in total. The minimum Gasteiger partial charge on any atom is -0.359 e. The second-order valence-corrected chi connectivity index (χ2v) is 0.948. The summed E-state index contributed by atoms with van der Waals surface area (Å²) in [7, 11) is 0. The Bertz CT molecular complexity index is 78.9. The molecule has 0 aliphatic carbocycles. The van der Waals surface area contributed by atoms with Crippen LogP contribution in [0, 0.1) is 0 Å². The molecule has 0 saturated heterocycles. The Labute approximate surface area is 31.0 Å². The molecule has 0 aromatic rings. The van der Waals surface area contributed by atoms with Crippen molar-refractivity contribution in [2.45, 2.75) is 0 Å². The molecule has 0 fully saturated rings. The van der Waals surface area contributed by atoms with E-state index in [1.807, 2.05) is 6.20 Å². The molecule has 26 valence electrons. The van der Waals surface area contributed by atoms with Gasteiger partial charge in [-0.2, -0.15) is 0 Å². The lowest BCUT2D eigenvalue weighted by Gasteiger charge is -1.59. The van der Waals surface area contributed by atoms with Crippen molar-refractivity contribution in [3.8, 4) is 0 Å². The van der Waals surface area contributed by atoms with Crippen molar-refractivity contribution < 1.29 is 0 Å². The molecule has 0 radical (unpaired) electrons. The van der Waals surface area contributed by atoms with Crippen molar-refractivity contribution in [1.82, 2.24) is 5.32 Å². The number of allylic oxidation sites excluding steroid dienone is 1. The van der Waals surface area contributed by atoms with E-state index in [2.05, 4.69) is 11.9 Å². The Morgan fingerprint density at radius 3 is 2.60 bits per heavy atom. The van der Waals surface area contributed by atoms with E-state index in [0.717, 1.165) is 5.70 Å². The molecule has 0 spiro atoms. The summed E-state index contributed by atoms with van der Waals surface area (Å²) >= 11 is 0. The van der Waals surface area contributed by atoms with Crippen LogP contribution in [-0.4, -0.2) is 0 Å². The Hall–Kier alpha value is -0.720. The van der Waals surface area contributed by atoms with Gasteiger partial charge in [0.15, 0.2) is 0 Å². The van der Waals surface area contributed by atoms with Crippen molar-refractivity contribution in [2.75, 3.05) is 0 Å². The lowest BCUT2D eigenvalue weighted by Crippen LogP contribution is -1.67. The summed E-state index contributed by atoms with van der Waals surface area (Å²) in [5.41, 5.74) is 1.14. The van der Waals surface area contributed by atoms with E-state index in [9.17, 15) is 0 Å². The zero-order valence-electron chi connectivity index (χ0n) is 2.86. The van der Waals surface area contributed by atoms with E-state index in [4.69, 9.17) is 0 Å². The third-order valence-corrected chi connectivity index (χ3v) is 0.531. The van der Waals surface area contributed by atoms with Gasteiger partial charge in [-0.3, -0.25) is 0 Å². The molecule has 0 unspecified atom stereocenters. The van der Waals surface area contributed by atoms with Crippen LogP contribution in [0.25, 0.3) is 0 Å². The summed E-state index contributed by atoms with van der Waals surface area (Å²) in [5.74, 6) is 0. The lowest BCUT2D eigenvalue weighted by molar-refractivity contribution is 1.38. The third-order valence-electron chi connectivity index (χ3n) is 0.531. The first-order valence-electron chi connectivity index (χ1n) is 1.52. The molecule has 5 heavy (non-hydrogen) atoms. The summed E-state index contributed by atoms with van der Waals surface area (Å²) in [6.45, 7) is 3.49. The Morgan fingerprint density at radius 2 is 2.60 bits per heavy atom. The van der Waals surface area contributed by atoms with Gasteiger partial charge in [0.2, 0.25) is 0 Å². The van der Waals surface area contributed by atoms with Gasteiger partial charge in [0.05, 0.1) is 5.70 Å². The van der Waals surface area contributed by atoms with E-state index in [0.29, 0.717) is 0 Å². The molecule has 1 aliphatic heterocycles. The van der Waals surface area contributed by atoms with Crippen LogP contribution in [0.2, 0.25) is 0 Å². The lowest BCUT2D eigenvalue weighted by atomic mass is 10.6. The fourth-order valence-corrected chi connectivity index (χ4v) is 0.160. The van der Waals surface area contributed by atoms with Crippen LogP contribution in [0.5, 0.6) is 0 Å². The highest BCUT2D eigenvalue weighted by molar-refractivity contribution is 5.26. The molecule has 1 heteroatoms. The monoisotopic (exact) mass is 67.0 g/mol. The highest BCUT2D eigenvalue weighted by atomic mass is 15.0. The fourth-order valence-electron chi connectivity index (χ4n) is 0.160. The highest BCUT2D eigenvalue weighted by Crippen LogP contribution is 1.98. The van der Waals surface area contributed by atoms with E-state index in [1.165, 1.54) is 0 Å². The van der Waals surface area contributed by atoms with E-state index >= 15 is 0 Å². The number of hydrogen-bond acceptors (Lipinski definition) is 1. The average Bonchev–Trinajstić information content (AvgIpc) is 2.12. The van der Waals surface area contributed by atoms with Crippen molar-refractivity contribution in [3.63, 3.8) is 0 Å². The standard InChI is InChI=1S/C4H5N/c1-2-4-3-5-4/h2-3,5H,1H2. The molecule has 1 nitrogen and oxygen atoms in total. The first kappa shape index (κ1) is 2.51. The number of nitrogens with one attached hydrogen (secondary N) is 1. The van der Waals surface area contributed by atoms with Crippen LogP contribution in [-0.2, 0) is 0 Å². The first-order valence-corrected chi connectivity index (χ1v) is 1.52. The summed E-state index contributed by atoms with van der Waals surface area (Å²) in [5, 5.41) is 2.86. The van der Waals surface area contributed by atoms with Crippen LogP contribution in [0.4, 0.5) is 0 Å². The molecule has 0 aromatic carbocycles. The van der Waals surface area contributed by atoms with Crippen molar-refractivity contribution >= 4 is 0 Å². The van der Waals surface area contributed by atoms with E-state index in [1.54, 1.807) is 6.08 Å². The molecule has 1 rings (SSSR count). The Morgan fingerprint density at radius 1 is 2.00 bits per heavy atom.